The van der Waals surface area contributed by atoms with E-state index in [1.165, 1.54) is 25.7 Å². The van der Waals surface area contributed by atoms with Gasteiger partial charge in [0, 0.05) is 18.8 Å². The predicted molar refractivity (Wildman–Crippen MR) is 100 cm³/mol. The molecule has 0 aliphatic heterocycles. The van der Waals surface area contributed by atoms with Gasteiger partial charge in [0.15, 0.2) is 0 Å². The summed E-state index contributed by atoms with van der Waals surface area (Å²) in [5.74, 6) is 2.78. The fourth-order valence-corrected chi connectivity index (χ4v) is 4.41. The molecule has 1 amide bonds. The minimum absolute atomic E-state index is 0.119. The topological polar surface area (TPSA) is 74.1 Å². The fraction of sp³-hybridized carbons (Fsp3) is 0.524. The van der Waals surface area contributed by atoms with E-state index in [0.717, 1.165) is 23.1 Å². The van der Waals surface area contributed by atoms with Crippen molar-refractivity contribution in [2.24, 2.45) is 17.8 Å². The molecule has 0 saturated heterocycles. The third kappa shape index (κ3) is 4.19. The Morgan fingerprint density at radius 1 is 1.35 bits per heavy atom. The van der Waals surface area contributed by atoms with Crippen molar-refractivity contribution >= 4 is 5.91 Å². The van der Waals surface area contributed by atoms with E-state index in [1.54, 1.807) is 13.3 Å². The van der Waals surface area contributed by atoms with Crippen molar-refractivity contribution in [1.82, 2.24) is 10.6 Å². The zero-order valence-corrected chi connectivity index (χ0v) is 15.5. The zero-order valence-electron chi connectivity index (χ0n) is 15.5. The highest BCUT2D eigenvalue weighted by Gasteiger charge is 2.41. The molecule has 0 radical (unpaired) electrons. The van der Waals surface area contributed by atoms with Gasteiger partial charge in [-0.1, -0.05) is 18.6 Å². The summed E-state index contributed by atoms with van der Waals surface area (Å²) < 4.78 is 5.12. The number of nitriles is 1. The Morgan fingerprint density at radius 2 is 2.12 bits per heavy atom. The number of carbonyl (C=O) groups excluding carboxylic acids is 1. The standard InChI is InChI=1S/C21H27N3O2/c1-14(20-10-16-3-6-17(20)9-16)23-13-18(11-22)21(25)24-12-15-4-7-19(26-2)8-5-15/h4-5,7-8,13-14,16-17,20,23H,3,6,9-10,12H2,1-2H3,(H,24,25)/b18-13-. The highest BCUT2D eigenvalue weighted by Crippen LogP contribution is 2.49. The Balaban J connectivity index is 1.51. The average molecular weight is 353 g/mol. The highest BCUT2D eigenvalue weighted by atomic mass is 16.5. The first kappa shape index (κ1) is 18.3. The number of fused-ring (bicyclic) bond motifs is 2. The van der Waals surface area contributed by atoms with E-state index in [9.17, 15) is 10.1 Å². The molecule has 2 aliphatic carbocycles. The predicted octanol–water partition coefficient (Wildman–Crippen LogP) is 3.13. The minimum Gasteiger partial charge on any atom is -0.497 e. The molecule has 5 heteroatoms. The zero-order chi connectivity index (χ0) is 18.5. The number of amides is 1. The third-order valence-electron chi connectivity index (χ3n) is 5.90. The normalized spacial score (nSPS) is 25.4. The van der Waals surface area contributed by atoms with Crippen molar-refractivity contribution < 1.29 is 9.53 Å². The molecule has 26 heavy (non-hydrogen) atoms. The van der Waals surface area contributed by atoms with Crippen LogP contribution in [0.25, 0.3) is 0 Å². The van der Waals surface area contributed by atoms with Crippen molar-refractivity contribution in [2.75, 3.05) is 7.11 Å². The van der Waals surface area contributed by atoms with E-state index in [0.29, 0.717) is 18.5 Å². The van der Waals surface area contributed by atoms with Crippen LogP contribution in [0.5, 0.6) is 5.75 Å². The van der Waals surface area contributed by atoms with Crippen LogP contribution in [0, 0.1) is 29.1 Å². The first-order valence-electron chi connectivity index (χ1n) is 9.38. The van der Waals surface area contributed by atoms with Crippen LogP contribution in [-0.2, 0) is 11.3 Å². The molecular weight excluding hydrogens is 326 g/mol. The maximum absolute atomic E-state index is 12.3. The van der Waals surface area contributed by atoms with Gasteiger partial charge < -0.3 is 15.4 Å². The third-order valence-corrected chi connectivity index (χ3v) is 5.90. The van der Waals surface area contributed by atoms with Crippen LogP contribution < -0.4 is 15.4 Å². The molecule has 2 bridgehead atoms. The summed E-state index contributed by atoms with van der Waals surface area (Å²) in [6.07, 6.45) is 6.92. The molecule has 0 heterocycles. The largest absolute Gasteiger partial charge is 0.497 e. The molecule has 0 aromatic heterocycles. The highest BCUT2D eigenvalue weighted by molar-refractivity contribution is 5.97. The van der Waals surface area contributed by atoms with E-state index in [2.05, 4.69) is 17.6 Å². The van der Waals surface area contributed by atoms with Gasteiger partial charge in [-0.05, 0) is 61.6 Å². The van der Waals surface area contributed by atoms with Crippen molar-refractivity contribution in [1.29, 1.82) is 5.26 Å². The number of hydrogen-bond acceptors (Lipinski definition) is 4. The molecule has 2 aliphatic rings. The van der Waals surface area contributed by atoms with Crippen LogP contribution >= 0.6 is 0 Å². The lowest BCUT2D eigenvalue weighted by molar-refractivity contribution is -0.117. The van der Waals surface area contributed by atoms with Crippen molar-refractivity contribution in [3.05, 3.63) is 41.6 Å². The van der Waals surface area contributed by atoms with Gasteiger partial charge in [0.2, 0.25) is 0 Å². The summed E-state index contributed by atoms with van der Waals surface area (Å²) >= 11 is 0. The van der Waals surface area contributed by atoms with E-state index in [4.69, 9.17) is 4.74 Å². The quantitative estimate of drug-likeness (QED) is 0.583. The second-order valence-corrected chi connectivity index (χ2v) is 7.49. The molecule has 4 atom stereocenters. The lowest BCUT2D eigenvalue weighted by atomic mass is 9.84. The van der Waals surface area contributed by atoms with Gasteiger partial charge in [-0.2, -0.15) is 5.26 Å². The Hall–Kier alpha value is -2.48. The molecule has 1 aromatic rings. The van der Waals surface area contributed by atoms with Gasteiger partial charge in [-0.3, -0.25) is 4.79 Å². The summed E-state index contributed by atoms with van der Waals surface area (Å²) in [6, 6.07) is 9.78. The van der Waals surface area contributed by atoms with Gasteiger partial charge in [-0.15, -0.1) is 0 Å². The van der Waals surface area contributed by atoms with Crippen LogP contribution in [-0.4, -0.2) is 19.1 Å². The van der Waals surface area contributed by atoms with Crippen LogP contribution in [0.3, 0.4) is 0 Å². The molecule has 2 N–H and O–H groups in total. The van der Waals surface area contributed by atoms with Crippen LogP contribution in [0.4, 0.5) is 0 Å². The van der Waals surface area contributed by atoms with Crippen molar-refractivity contribution in [3.8, 4) is 11.8 Å². The summed E-state index contributed by atoms with van der Waals surface area (Å²) in [4.78, 5) is 12.3. The van der Waals surface area contributed by atoms with Crippen molar-refractivity contribution in [2.45, 2.75) is 45.2 Å². The van der Waals surface area contributed by atoms with Gasteiger partial charge >= 0.3 is 0 Å². The molecule has 138 valence electrons. The molecule has 4 unspecified atom stereocenters. The average Bonchev–Trinajstić information content (AvgIpc) is 3.30. The van der Waals surface area contributed by atoms with E-state index < -0.39 is 0 Å². The number of methoxy groups -OCH3 is 1. The molecule has 1 aromatic carbocycles. The van der Waals surface area contributed by atoms with Crippen LogP contribution in [0.1, 0.15) is 38.2 Å². The maximum atomic E-state index is 12.3. The van der Waals surface area contributed by atoms with Crippen LogP contribution in [0.2, 0.25) is 0 Å². The first-order chi connectivity index (χ1) is 12.6. The van der Waals surface area contributed by atoms with E-state index in [-0.39, 0.29) is 11.5 Å². The molecule has 5 nitrogen and oxygen atoms in total. The monoisotopic (exact) mass is 353 g/mol. The lowest BCUT2D eigenvalue weighted by Gasteiger charge is -2.28. The summed E-state index contributed by atoms with van der Waals surface area (Å²) in [7, 11) is 1.62. The van der Waals surface area contributed by atoms with E-state index in [1.807, 2.05) is 30.3 Å². The Labute approximate surface area is 155 Å². The van der Waals surface area contributed by atoms with Crippen molar-refractivity contribution in [3.63, 3.8) is 0 Å². The number of carbonyl (C=O) groups is 1. The Kier molecular flexibility index (Phi) is 5.82. The number of ether oxygens (including phenoxy) is 1. The Bertz CT molecular complexity index is 705. The van der Waals surface area contributed by atoms with Gasteiger partial charge in [-0.25, -0.2) is 0 Å². The molecule has 2 saturated carbocycles. The smallest absolute Gasteiger partial charge is 0.263 e. The summed E-state index contributed by atoms with van der Waals surface area (Å²) in [5, 5.41) is 15.4. The van der Waals surface area contributed by atoms with Gasteiger partial charge in [0.05, 0.1) is 7.11 Å². The number of benzene rings is 1. The van der Waals surface area contributed by atoms with Gasteiger partial charge in [0.1, 0.15) is 17.4 Å². The molecular formula is C21H27N3O2. The molecule has 0 spiro atoms. The summed E-state index contributed by atoms with van der Waals surface area (Å²) in [6.45, 7) is 2.54. The number of hydrogen-bond donors (Lipinski definition) is 2. The number of nitrogens with one attached hydrogen (secondary N) is 2. The fourth-order valence-electron chi connectivity index (χ4n) is 4.41. The minimum atomic E-state index is -0.351. The number of rotatable bonds is 7. The van der Waals surface area contributed by atoms with Crippen LogP contribution in [0.15, 0.2) is 36.0 Å². The summed E-state index contributed by atoms with van der Waals surface area (Å²) in [5.41, 5.74) is 1.08. The Morgan fingerprint density at radius 3 is 2.69 bits per heavy atom. The van der Waals surface area contributed by atoms with Gasteiger partial charge in [0.25, 0.3) is 5.91 Å². The molecule has 2 fully saturated rings. The lowest BCUT2D eigenvalue weighted by Crippen LogP contribution is -2.34. The van der Waals surface area contributed by atoms with E-state index >= 15 is 0 Å². The number of nitrogens with zero attached hydrogens (tertiary/aromatic N) is 1. The second-order valence-electron chi connectivity index (χ2n) is 7.49. The SMILES string of the molecule is COc1ccc(CNC(=O)/C(C#N)=C\NC(C)C2CC3CCC2C3)cc1. The maximum Gasteiger partial charge on any atom is 0.263 e. The second kappa shape index (κ2) is 8.27. The first-order valence-corrected chi connectivity index (χ1v) is 9.38. The molecule has 3 rings (SSSR count).